The van der Waals surface area contributed by atoms with Gasteiger partial charge in [-0.2, -0.15) is 5.10 Å². The van der Waals surface area contributed by atoms with Crippen molar-refractivity contribution in [3.8, 4) is 0 Å². The number of hydrogen-bond acceptors (Lipinski definition) is 8. The number of carbonyl (C=O) groups is 1. The first-order valence-electron chi connectivity index (χ1n) is 5.95. The van der Waals surface area contributed by atoms with Crippen molar-refractivity contribution < 1.29 is 4.79 Å². The molecule has 1 amide bonds. The monoisotopic (exact) mass is 322 g/mol. The summed E-state index contributed by atoms with van der Waals surface area (Å²) >= 11 is 2.51. The first kappa shape index (κ1) is 15.3. The number of nitrogens with zero attached hydrogens (tertiary/aromatic N) is 3. The molecule has 5 N–H and O–H groups in total. The average molecular weight is 322 g/mol. The van der Waals surface area contributed by atoms with Gasteiger partial charge >= 0.3 is 0 Å². The number of nitrogens with two attached hydrogens (primary N) is 2. The maximum absolute atomic E-state index is 11.7. The molecule has 0 radical (unpaired) electrons. The minimum atomic E-state index is -0.219. The summed E-state index contributed by atoms with van der Waals surface area (Å²) < 4.78 is 0.655. The van der Waals surface area contributed by atoms with E-state index in [9.17, 15) is 4.79 Å². The Labute approximate surface area is 129 Å². The summed E-state index contributed by atoms with van der Waals surface area (Å²) in [6.07, 6.45) is 0. The summed E-state index contributed by atoms with van der Waals surface area (Å²) in [6, 6.07) is 7.26. The van der Waals surface area contributed by atoms with Crippen LogP contribution < -0.4 is 16.9 Å². The van der Waals surface area contributed by atoms with E-state index in [0.29, 0.717) is 20.9 Å². The molecule has 1 aromatic heterocycles. The second kappa shape index (κ2) is 7.04. The first-order valence-corrected chi connectivity index (χ1v) is 7.75. The Morgan fingerprint density at radius 1 is 1.33 bits per heavy atom. The van der Waals surface area contributed by atoms with Gasteiger partial charge in [0.25, 0.3) is 5.91 Å². The van der Waals surface area contributed by atoms with Crippen molar-refractivity contribution in [3.05, 3.63) is 29.8 Å². The van der Waals surface area contributed by atoms with E-state index in [2.05, 4.69) is 20.7 Å². The minimum absolute atomic E-state index is 0.202. The molecule has 0 bridgehead atoms. The third kappa shape index (κ3) is 4.72. The number of amides is 1. The van der Waals surface area contributed by atoms with Gasteiger partial charge in [-0.05, 0) is 24.6 Å². The smallest absolute Gasteiger partial charge is 0.250 e. The fraction of sp³-hybridized carbons (Fsp3) is 0.167. The second-order valence-electron chi connectivity index (χ2n) is 4.05. The van der Waals surface area contributed by atoms with E-state index in [1.54, 1.807) is 12.1 Å². The minimum Gasteiger partial charge on any atom is -0.399 e. The molecule has 0 aliphatic heterocycles. The molecule has 0 atom stereocenters. The van der Waals surface area contributed by atoms with Crippen molar-refractivity contribution in [1.82, 2.24) is 15.6 Å². The van der Waals surface area contributed by atoms with E-state index in [1.165, 1.54) is 23.1 Å². The number of thioether (sulfide) groups is 1. The van der Waals surface area contributed by atoms with Crippen LogP contribution in [0.1, 0.15) is 12.5 Å². The number of hydrazone groups is 1. The number of rotatable bonds is 5. The maximum Gasteiger partial charge on any atom is 0.250 e. The highest BCUT2D eigenvalue weighted by Gasteiger charge is 2.06. The van der Waals surface area contributed by atoms with Crippen LogP contribution in [0, 0.1) is 0 Å². The lowest BCUT2D eigenvalue weighted by atomic mass is 10.1. The van der Waals surface area contributed by atoms with Gasteiger partial charge in [-0.25, -0.2) is 5.43 Å². The highest BCUT2D eigenvalue weighted by Crippen LogP contribution is 2.22. The van der Waals surface area contributed by atoms with E-state index in [0.717, 1.165) is 5.56 Å². The molecular weight excluding hydrogens is 308 g/mol. The molecular formula is C12H14N6OS2. The van der Waals surface area contributed by atoms with Gasteiger partial charge < -0.3 is 11.5 Å². The van der Waals surface area contributed by atoms with Crippen LogP contribution >= 0.6 is 23.1 Å². The molecule has 2 aromatic rings. The predicted molar refractivity (Wildman–Crippen MR) is 86.3 cm³/mol. The van der Waals surface area contributed by atoms with Gasteiger partial charge in [-0.1, -0.05) is 35.2 Å². The van der Waals surface area contributed by atoms with Crippen LogP contribution in [-0.4, -0.2) is 27.6 Å². The number of nitrogens with one attached hydrogen (secondary N) is 1. The third-order valence-corrected chi connectivity index (χ3v) is 4.31. The molecule has 0 aliphatic carbocycles. The fourth-order valence-corrected chi connectivity index (χ4v) is 2.80. The number of anilines is 2. The first-order chi connectivity index (χ1) is 10.0. The Kier molecular flexibility index (Phi) is 5.12. The Balaban J connectivity index is 1.84. The van der Waals surface area contributed by atoms with Crippen LogP contribution in [-0.2, 0) is 4.79 Å². The quantitative estimate of drug-likeness (QED) is 0.331. The van der Waals surface area contributed by atoms with Crippen LogP contribution in [0.4, 0.5) is 10.8 Å². The molecule has 0 unspecified atom stereocenters. The lowest BCUT2D eigenvalue weighted by Crippen LogP contribution is -2.21. The predicted octanol–water partition coefficient (Wildman–Crippen LogP) is 1.33. The van der Waals surface area contributed by atoms with Crippen molar-refractivity contribution >= 4 is 45.5 Å². The molecule has 1 aromatic carbocycles. The van der Waals surface area contributed by atoms with E-state index in [-0.39, 0.29) is 11.7 Å². The summed E-state index contributed by atoms with van der Waals surface area (Å²) in [6.45, 7) is 1.81. The van der Waals surface area contributed by atoms with Crippen LogP contribution in [0.25, 0.3) is 0 Å². The topological polar surface area (TPSA) is 119 Å². The van der Waals surface area contributed by atoms with Crippen LogP contribution in [0.5, 0.6) is 0 Å². The van der Waals surface area contributed by atoms with Crippen molar-refractivity contribution in [2.24, 2.45) is 5.10 Å². The molecule has 110 valence electrons. The zero-order chi connectivity index (χ0) is 15.2. The van der Waals surface area contributed by atoms with Crippen molar-refractivity contribution in [2.75, 3.05) is 17.2 Å². The molecule has 0 saturated heterocycles. The molecule has 7 nitrogen and oxygen atoms in total. The lowest BCUT2D eigenvalue weighted by molar-refractivity contribution is -0.118. The maximum atomic E-state index is 11.7. The summed E-state index contributed by atoms with van der Waals surface area (Å²) in [5.41, 5.74) is 15.9. The van der Waals surface area contributed by atoms with Gasteiger partial charge in [0.2, 0.25) is 5.13 Å². The largest absolute Gasteiger partial charge is 0.399 e. The summed E-state index contributed by atoms with van der Waals surface area (Å²) in [5, 5.41) is 11.9. The Hall–Kier alpha value is -2.13. The van der Waals surface area contributed by atoms with E-state index >= 15 is 0 Å². The zero-order valence-corrected chi connectivity index (χ0v) is 12.9. The summed E-state index contributed by atoms with van der Waals surface area (Å²) in [7, 11) is 0. The van der Waals surface area contributed by atoms with Crippen LogP contribution in [0.15, 0.2) is 33.7 Å². The molecule has 9 heteroatoms. The van der Waals surface area contributed by atoms with Gasteiger partial charge in [0.15, 0.2) is 4.34 Å². The number of carbonyl (C=O) groups excluding carboxylic acids is 1. The van der Waals surface area contributed by atoms with E-state index in [4.69, 9.17) is 11.5 Å². The van der Waals surface area contributed by atoms with Crippen molar-refractivity contribution in [1.29, 1.82) is 0 Å². The number of nitrogen functional groups attached to an aromatic ring is 2. The van der Waals surface area contributed by atoms with Crippen LogP contribution in [0.3, 0.4) is 0 Å². The molecule has 21 heavy (non-hydrogen) atoms. The Morgan fingerprint density at radius 3 is 2.67 bits per heavy atom. The standard InChI is InChI=1S/C12H14N6OS2/c1-7(8-2-4-9(13)5-3-8)15-16-10(19)6-20-12-18-17-11(14)21-12/h2-5H,6,13H2,1H3,(H2,14,17)(H,16,19)/b15-7+. The Morgan fingerprint density at radius 2 is 2.05 bits per heavy atom. The van der Waals surface area contributed by atoms with Gasteiger partial charge in [0.05, 0.1) is 11.5 Å². The highest BCUT2D eigenvalue weighted by atomic mass is 32.2. The number of aromatic nitrogens is 2. The van der Waals surface area contributed by atoms with Crippen molar-refractivity contribution in [2.45, 2.75) is 11.3 Å². The fourth-order valence-electron chi connectivity index (χ4n) is 1.37. The Bertz CT molecular complexity index is 652. The third-order valence-electron chi connectivity index (χ3n) is 2.43. The highest BCUT2D eigenvalue weighted by molar-refractivity contribution is 8.01. The second-order valence-corrected chi connectivity index (χ2v) is 6.28. The van der Waals surface area contributed by atoms with Gasteiger partial charge in [0.1, 0.15) is 0 Å². The summed E-state index contributed by atoms with van der Waals surface area (Å²) in [5.74, 6) is -0.0174. The number of hydrogen-bond donors (Lipinski definition) is 3. The van der Waals surface area contributed by atoms with E-state index in [1.807, 2.05) is 19.1 Å². The van der Waals surface area contributed by atoms with Crippen LogP contribution in [0.2, 0.25) is 0 Å². The van der Waals surface area contributed by atoms with Gasteiger partial charge in [0, 0.05) is 5.69 Å². The molecule has 0 aliphatic rings. The molecule has 2 rings (SSSR count). The molecule has 0 saturated carbocycles. The molecule has 1 heterocycles. The normalized spacial score (nSPS) is 11.4. The molecule has 0 spiro atoms. The van der Waals surface area contributed by atoms with Crippen molar-refractivity contribution in [3.63, 3.8) is 0 Å². The van der Waals surface area contributed by atoms with Gasteiger partial charge in [-0.3, -0.25) is 4.79 Å². The molecule has 0 fully saturated rings. The summed E-state index contributed by atoms with van der Waals surface area (Å²) in [4.78, 5) is 11.7. The SMILES string of the molecule is C/C(=N\NC(=O)CSc1nnc(N)s1)c1ccc(N)cc1. The van der Waals surface area contributed by atoms with Gasteiger partial charge in [-0.15, -0.1) is 10.2 Å². The van der Waals surface area contributed by atoms with E-state index < -0.39 is 0 Å². The lowest BCUT2D eigenvalue weighted by Gasteiger charge is -2.02. The zero-order valence-electron chi connectivity index (χ0n) is 11.2. The average Bonchev–Trinajstić information content (AvgIpc) is 2.89. The number of benzene rings is 1.